The van der Waals surface area contributed by atoms with Crippen molar-refractivity contribution in [3.8, 4) is 0 Å². The van der Waals surface area contributed by atoms with Gasteiger partial charge in [0.1, 0.15) is 13.2 Å². The van der Waals surface area contributed by atoms with Gasteiger partial charge < -0.3 is 14.2 Å². The van der Waals surface area contributed by atoms with Gasteiger partial charge in [0.05, 0.1) is 0 Å². The van der Waals surface area contributed by atoms with Crippen LogP contribution in [0.25, 0.3) is 0 Å². The van der Waals surface area contributed by atoms with E-state index in [-0.39, 0.29) is 31.1 Å². The van der Waals surface area contributed by atoms with E-state index in [9.17, 15) is 14.4 Å². The van der Waals surface area contributed by atoms with Crippen LogP contribution in [0.5, 0.6) is 0 Å². The molecule has 6 nitrogen and oxygen atoms in total. The highest BCUT2D eigenvalue weighted by atomic mass is 16.6. The largest absolute Gasteiger partial charge is 0.462 e. The van der Waals surface area contributed by atoms with Gasteiger partial charge >= 0.3 is 17.9 Å². The van der Waals surface area contributed by atoms with Gasteiger partial charge in [0.2, 0.25) is 0 Å². The molecule has 0 N–H and O–H groups in total. The van der Waals surface area contributed by atoms with Crippen LogP contribution in [0.3, 0.4) is 0 Å². The summed E-state index contributed by atoms with van der Waals surface area (Å²) in [5.41, 5.74) is 0. The summed E-state index contributed by atoms with van der Waals surface area (Å²) in [6.07, 6.45) is 85.6. The third kappa shape index (κ3) is 68.8. The minimum atomic E-state index is -0.769. The Balaban J connectivity index is 4.07. The fourth-order valence-corrected chi connectivity index (χ4v) is 11.7. The van der Waals surface area contributed by atoms with Crippen LogP contribution >= 0.6 is 0 Å². The molecule has 0 aliphatic rings. The number of esters is 3. The Morgan fingerprint density at radius 2 is 0.407 bits per heavy atom. The number of carbonyl (C=O) groups is 3. The lowest BCUT2D eigenvalue weighted by Crippen LogP contribution is -2.30. The predicted octanol–water partition coefficient (Wildman–Crippen LogP) is 25.6. The molecule has 0 aliphatic heterocycles. The molecule has 0 aromatic rings. The number of hydrogen-bond donors (Lipinski definition) is 0. The zero-order valence-electron chi connectivity index (χ0n) is 55.4. The smallest absolute Gasteiger partial charge is 0.306 e. The maximum Gasteiger partial charge on any atom is 0.306 e. The van der Waals surface area contributed by atoms with Crippen molar-refractivity contribution in [1.82, 2.24) is 0 Å². The Morgan fingerprint density at radius 3 is 0.630 bits per heavy atom. The fraction of sp³-hybridized carbons (Fsp3) is 0.933. The van der Waals surface area contributed by atoms with Crippen molar-refractivity contribution in [1.29, 1.82) is 0 Å². The highest BCUT2D eigenvalue weighted by molar-refractivity contribution is 5.71. The molecule has 0 aliphatic carbocycles. The highest BCUT2D eigenvalue weighted by Crippen LogP contribution is 2.20. The molecule has 1 unspecified atom stereocenters. The molecule has 0 fully saturated rings. The van der Waals surface area contributed by atoms with Gasteiger partial charge in [-0.1, -0.05) is 380 Å². The average molecular weight is 1140 g/mol. The Labute approximate surface area is 507 Å². The summed E-state index contributed by atoms with van der Waals surface area (Å²) in [6, 6.07) is 0. The van der Waals surface area contributed by atoms with Gasteiger partial charge in [0.15, 0.2) is 6.10 Å². The summed E-state index contributed by atoms with van der Waals surface area (Å²) in [4.78, 5) is 38.4. The Hall–Kier alpha value is -1.85. The third-order valence-corrected chi connectivity index (χ3v) is 17.3. The SMILES string of the molecule is CCCCCC/C=C\CCCCCCCC(=O)OCC(COC(=O)CCCCCCCCCCCCCCCCCCCCCCCCCCCCCCCCCCC)OC(=O)CCCCCCCCCCCCCCCCCCC. The first-order chi connectivity index (χ1) is 40.0. The van der Waals surface area contributed by atoms with E-state index in [1.54, 1.807) is 0 Å². The summed E-state index contributed by atoms with van der Waals surface area (Å²) in [7, 11) is 0. The molecule has 0 radical (unpaired) electrons. The fourth-order valence-electron chi connectivity index (χ4n) is 11.7. The molecular weight excluding hydrogens is 997 g/mol. The van der Waals surface area contributed by atoms with Crippen molar-refractivity contribution in [2.45, 2.75) is 438 Å². The van der Waals surface area contributed by atoms with E-state index in [1.807, 2.05) is 0 Å². The van der Waals surface area contributed by atoms with Crippen LogP contribution < -0.4 is 0 Å². The van der Waals surface area contributed by atoms with Crippen LogP contribution in [0.15, 0.2) is 12.2 Å². The van der Waals surface area contributed by atoms with Crippen LogP contribution in [0, 0.1) is 0 Å². The van der Waals surface area contributed by atoms with Crippen LogP contribution in [-0.2, 0) is 28.6 Å². The first-order valence-electron chi connectivity index (χ1n) is 37.2. The van der Waals surface area contributed by atoms with E-state index in [2.05, 4.69) is 32.9 Å². The van der Waals surface area contributed by atoms with Gasteiger partial charge in [-0.05, 0) is 44.9 Å². The number of rotatable bonds is 70. The van der Waals surface area contributed by atoms with E-state index in [4.69, 9.17) is 14.2 Å². The summed E-state index contributed by atoms with van der Waals surface area (Å²) >= 11 is 0. The van der Waals surface area contributed by atoms with Gasteiger partial charge in [-0.15, -0.1) is 0 Å². The van der Waals surface area contributed by atoms with E-state index in [1.165, 1.54) is 327 Å². The van der Waals surface area contributed by atoms with Gasteiger partial charge in [-0.3, -0.25) is 14.4 Å². The normalized spacial score (nSPS) is 12.0. The van der Waals surface area contributed by atoms with Crippen molar-refractivity contribution < 1.29 is 28.6 Å². The quantitative estimate of drug-likeness (QED) is 0.0261. The van der Waals surface area contributed by atoms with Crippen molar-refractivity contribution in [3.63, 3.8) is 0 Å². The standard InChI is InChI=1S/C75H144O6/c1-4-7-10-13-16-19-22-25-27-29-30-31-32-33-34-35-36-37-38-39-40-41-42-43-44-46-47-50-53-56-59-62-65-68-74(77)80-71-72(70-79-73(76)67-64-61-58-55-52-49-24-21-18-15-12-9-6-3)81-75(78)69-66-63-60-57-54-51-48-45-28-26-23-20-17-14-11-8-5-2/h21,24,72H,4-20,22-23,25-71H2,1-3H3/b24-21-. The number of ether oxygens (including phenoxy) is 3. The average Bonchev–Trinajstić information content (AvgIpc) is 3.46. The van der Waals surface area contributed by atoms with Crippen molar-refractivity contribution in [3.05, 3.63) is 12.2 Å². The number of hydrogen-bond acceptors (Lipinski definition) is 6. The molecule has 0 aromatic heterocycles. The molecule has 0 heterocycles. The molecule has 0 bridgehead atoms. The predicted molar refractivity (Wildman–Crippen MR) is 353 cm³/mol. The van der Waals surface area contributed by atoms with Crippen LogP contribution in [0.2, 0.25) is 0 Å². The van der Waals surface area contributed by atoms with E-state index in [0.29, 0.717) is 19.3 Å². The number of allylic oxidation sites excluding steroid dienone is 2. The third-order valence-electron chi connectivity index (χ3n) is 17.3. The van der Waals surface area contributed by atoms with E-state index >= 15 is 0 Å². The maximum absolute atomic E-state index is 12.9. The molecule has 0 rings (SSSR count). The summed E-state index contributed by atoms with van der Waals surface area (Å²) in [5.74, 6) is -0.840. The molecule has 0 saturated heterocycles. The van der Waals surface area contributed by atoms with Gasteiger partial charge in [-0.25, -0.2) is 0 Å². The first kappa shape index (κ1) is 79.2. The van der Waals surface area contributed by atoms with Crippen molar-refractivity contribution in [2.75, 3.05) is 13.2 Å². The lowest BCUT2D eigenvalue weighted by atomic mass is 10.0. The second-order valence-corrected chi connectivity index (χ2v) is 25.6. The molecule has 81 heavy (non-hydrogen) atoms. The highest BCUT2D eigenvalue weighted by Gasteiger charge is 2.20. The first-order valence-corrected chi connectivity index (χ1v) is 37.2. The number of carbonyl (C=O) groups excluding carboxylic acids is 3. The molecule has 0 aromatic carbocycles. The maximum atomic E-state index is 12.9. The monoisotopic (exact) mass is 1140 g/mol. The number of unbranched alkanes of at least 4 members (excludes halogenated alkanes) is 57. The van der Waals surface area contributed by atoms with Crippen molar-refractivity contribution >= 4 is 17.9 Å². The second kappa shape index (κ2) is 70.6. The summed E-state index contributed by atoms with van der Waals surface area (Å²) < 4.78 is 17.0. The minimum absolute atomic E-state index is 0.0657. The van der Waals surface area contributed by atoms with Gasteiger partial charge in [-0.2, -0.15) is 0 Å². The molecule has 0 saturated carbocycles. The van der Waals surface area contributed by atoms with Crippen LogP contribution in [0.4, 0.5) is 0 Å². The Morgan fingerprint density at radius 1 is 0.235 bits per heavy atom. The molecular formula is C75H144O6. The van der Waals surface area contributed by atoms with Crippen LogP contribution in [-0.4, -0.2) is 37.2 Å². The zero-order chi connectivity index (χ0) is 58.5. The molecule has 0 amide bonds. The Bertz CT molecular complexity index is 1260. The van der Waals surface area contributed by atoms with Crippen LogP contribution in [0.1, 0.15) is 432 Å². The summed E-state index contributed by atoms with van der Waals surface area (Å²) in [5, 5.41) is 0. The zero-order valence-corrected chi connectivity index (χ0v) is 55.4. The van der Waals surface area contributed by atoms with E-state index < -0.39 is 6.10 Å². The lowest BCUT2D eigenvalue weighted by molar-refractivity contribution is -0.167. The molecule has 0 spiro atoms. The van der Waals surface area contributed by atoms with Gasteiger partial charge in [0, 0.05) is 19.3 Å². The second-order valence-electron chi connectivity index (χ2n) is 25.6. The lowest BCUT2D eigenvalue weighted by Gasteiger charge is -2.18. The van der Waals surface area contributed by atoms with E-state index in [0.717, 1.165) is 64.2 Å². The Kier molecular flexibility index (Phi) is 69.0. The van der Waals surface area contributed by atoms with Crippen molar-refractivity contribution in [2.24, 2.45) is 0 Å². The molecule has 6 heteroatoms. The summed E-state index contributed by atoms with van der Waals surface area (Å²) in [6.45, 7) is 6.71. The molecule has 1 atom stereocenters. The molecule has 480 valence electrons. The van der Waals surface area contributed by atoms with Gasteiger partial charge in [0.25, 0.3) is 0 Å². The minimum Gasteiger partial charge on any atom is -0.462 e. The topological polar surface area (TPSA) is 78.9 Å².